The number of halogens is 1. The first-order valence-electron chi connectivity index (χ1n) is 6.08. The van der Waals surface area contributed by atoms with Crippen LogP contribution in [0.15, 0.2) is 42.6 Å². The van der Waals surface area contributed by atoms with Gasteiger partial charge in [-0.05, 0) is 30.7 Å². The number of nitro groups is 1. The molecule has 0 aliphatic heterocycles. The van der Waals surface area contributed by atoms with Crippen molar-refractivity contribution in [1.29, 1.82) is 0 Å². The summed E-state index contributed by atoms with van der Waals surface area (Å²) in [5.74, 6) is 0.670. The zero-order chi connectivity index (χ0) is 14.7. The zero-order valence-corrected chi connectivity index (χ0v) is 11.9. The molecule has 0 aliphatic rings. The van der Waals surface area contributed by atoms with E-state index in [9.17, 15) is 10.1 Å². The number of nitrogens with zero attached hydrogens (tertiary/aromatic N) is 3. The summed E-state index contributed by atoms with van der Waals surface area (Å²) >= 11 is 5.99. The third-order valence-electron chi connectivity index (χ3n) is 3.22. The third-order valence-corrected chi connectivity index (χ3v) is 3.45. The Morgan fingerprint density at radius 3 is 2.65 bits per heavy atom. The highest BCUT2D eigenvalue weighted by Crippen LogP contribution is 2.26. The predicted molar refractivity (Wildman–Crippen MR) is 79.2 cm³/mol. The van der Waals surface area contributed by atoms with E-state index < -0.39 is 4.92 Å². The fourth-order valence-electron chi connectivity index (χ4n) is 1.88. The summed E-state index contributed by atoms with van der Waals surface area (Å²) in [6, 6.07) is 10.7. The van der Waals surface area contributed by atoms with Gasteiger partial charge in [0.1, 0.15) is 12.0 Å². The molecule has 1 atom stereocenters. The molecule has 0 unspecified atom stereocenters. The van der Waals surface area contributed by atoms with Crippen LogP contribution in [0.25, 0.3) is 0 Å². The average Bonchev–Trinajstić information content (AvgIpc) is 2.46. The molecule has 0 N–H and O–H groups in total. The number of anilines is 1. The molecule has 2 rings (SSSR count). The number of hydrogen-bond donors (Lipinski definition) is 0. The van der Waals surface area contributed by atoms with Gasteiger partial charge in [-0.25, -0.2) is 4.98 Å². The van der Waals surface area contributed by atoms with Crippen LogP contribution in [0.3, 0.4) is 0 Å². The standard InChI is InChI=1S/C14H14ClN3O2/c1-10(11-4-3-5-12(15)8-11)17(2)14-7-6-13(9-16-14)18(19)20/h3-10H,1-2H3/t10-/m1/s1. The Morgan fingerprint density at radius 2 is 2.10 bits per heavy atom. The smallest absolute Gasteiger partial charge is 0.287 e. The van der Waals surface area contributed by atoms with Crippen molar-refractivity contribution in [2.75, 3.05) is 11.9 Å². The summed E-state index contributed by atoms with van der Waals surface area (Å²) in [6.45, 7) is 2.02. The molecule has 0 spiro atoms. The summed E-state index contributed by atoms with van der Waals surface area (Å²) < 4.78 is 0. The summed E-state index contributed by atoms with van der Waals surface area (Å²) in [5, 5.41) is 11.3. The number of aromatic nitrogens is 1. The van der Waals surface area contributed by atoms with Crippen LogP contribution < -0.4 is 4.90 Å². The number of benzene rings is 1. The molecule has 1 aromatic carbocycles. The van der Waals surface area contributed by atoms with E-state index in [1.807, 2.05) is 43.1 Å². The van der Waals surface area contributed by atoms with Crippen LogP contribution in [0.4, 0.5) is 11.5 Å². The topological polar surface area (TPSA) is 59.3 Å². The lowest BCUT2D eigenvalue weighted by molar-refractivity contribution is -0.385. The minimum atomic E-state index is -0.461. The average molecular weight is 292 g/mol. The molecule has 1 heterocycles. The van der Waals surface area contributed by atoms with Crippen molar-refractivity contribution in [2.45, 2.75) is 13.0 Å². The first-order chi connectivity index (χ1) is 9.49. The third kappa shape index (κ3) is 3.05. The molecular formula is C14H14ClN3O2. The van der Waals surface area contributed by atoms with E-state index in [4.69, 9.17) is 11.6 Å². The van der Waals surface area contributed by atoms with Crippen LogP contribution in [0.2, 0.25) is 5.02 Å². The lowest BCUT2D eigenvalue weighted by atomic mass is 10.1. The summed E-state index contributed by atoms with van der Waals surface area (Å²) in [5.41, 5.74) is 1.04. The zero-order valence-electron chi connectivity index (χ0n) is 11.2. The van der Waals surface area contributed by atoms with Gasteiger partial charge in [0.25, 0.3) is 5.69 Å². The van der Waals surface area contributed by atoms with E-state index in [0.717, 1.165) is 5.56 Å². The Kier molecular flexibility index (Phi) is 4.20. The minimum absolute atomic E-state index is 0.0161. The van der Waals surface area contributed by atoms with Crippen LogP contribution >= 0.6 is 11.6 Å². The molecule has 0 saturated heterocycles. The number of hydrogen-bond acceptors (Lipinski definition) is 4. The molecule has 0 fully saturated rings. The van der Waals surface area contributed by atoms with Crippen LogP contribution in [0, 0.1) is 10.1 Å². The maximum atomic E-state index is 10.6. The molecule has 0 amide bonds. The van der Waals surface area contributed by atoms with Gasteiger partial charge in [0, 0.05) is 18.1 Å². The Labute approximate surface area is 122 Å². The van der Waals surface area contributed by atoms with Gasteiger partial charge in [-0.1, -0.05) is 23.7 Å². The van der Waals surface area contributed by atoms with Crippen LogP contribution in [-0.2, 0) is 0 Å². The second-order valence-electron chi connectivity index (χ2n) is 4.47. The summed E-state index contributed by atoms with van der Waals surface area (Å²) in [6.07, 6.45) is 1.26. The second-order valence-corrected chi connectivity index (χ2v) is 4.91. The minimum Gasteiger partial charge on any atom is -0.353 e. The lowest BCUT2D eigenvalue weighted by Gasteiger charge is -2.26. The summed E-state index contributed by atoms with van der Waals surface area (Å²) in [4.78, 5) is 16.2. The first kappa shape index (κ1) is 14.3. The Balaban J connectivity index is 2.22. The van der Waals surface area contributed by atoms with Crippen molar-refractivity contribution in [3.05, 3.63) is 63.3 Å². The highest BCUT2D eigenvalue weighted by atomic mass is 35.5. The maximum Gasteiger partial charge on any atom is 0.287 e. The highest BCUT2D eigenvalue weighted by Gasteiger charge is 2.15. The van der Waals surface area contributed by atoms with E-state index in [-0.39, 0.29) is 11.7 Å². The van der Waals surface area contributed by atoms with E-state index >= 15 is 0 Å². The van der Waals surface area contributed by atoms with Gasteiger partial charge in [0.15, 0.2) is 0 Å². The SMILES string of the molecule is C[C@H](c1cccc(Cl)c1)N(C)c1ccc([N+](=O)[O-])cn1. The van der Waals surface area contributed by atoms with Crippen molar-refractivity contribution < 1.29 is 4.92 Å². The van der Waals surface area contributed by atoms with E-state index in [0.29, 0.717) is 10.8 Å². The van der Waals surface area contributed by atoms with Crippen molar-refractivity contribution >= 4 is 23.1 Å². The molecule has 0 radical (unpaired) electrons. The van der Waals surface area contributed by atoms with Gasteiger partial charge in [0.2, 0.25) is 0 Å². The van der Waals surface area contributed by atoms with Gasteiger partial charge in [-0.3, -0.25) is 10.1 Å². The molecule has 2 aromatic rings. The molecular weight excluding hydrogens is 278 g/mol. The fraction of sp³-hybridized carbons (Fsp3) is 0.214. The molecule has 104 valence electrons. The maximum absolute atomic E-state index is 10.6. The predicted octanol–water partition coefficient (Wildman–Crippen LogP) is 3.84. The molecule has 1 aromatic heterocycles. The van der Waals surface area contributed by atoms with Crippen molar-refractivity contribution in [2.24, 2.45) is 0 Å². The highest BCUT2D eigenvalue weighted by molar-refractivity contribution is 6.30. The molecule has 6 heteroatoms. The Morgan fingerprint density at radius 1 is 1.35 bits per heavy atom. The fourth-order valence-corrected chi connectivity index (χ4v) is 2.08. The van der Waals surface area contributed by atoms with Crippen LogP contribution in [0.1, 0.15) is 18.5 Å². The molecule has 20 heavy (non-hydrogen) atoms. The van der Waals surface area contributed by atoms with Crippen LogP contribution in [0.5, 0.6) is 0 Å². The first-order valence-corrected chi connectivity index (χ1v) is 6.45. The molecule has 0 saturated carbocycles. The van der Waals surface area contributed by atoms with Gasteiger partial charge < -0.3 is 4.90 Å². The second kappa shape index (κ2) is 5.88. The van der Waals surface area contributed by atoms with E-state index in [1.165, 1.54) is 12.3 Å². The van der Waals surface area contributed by atoms with E-state index in [2.05, 4.69) is 4.98 Å². The number of rotatable bonds is 4. The van der Waals surface area contributed by atoms with Crippen molar-refractivity contribution in [3.8, 4) is 0 Å². The lowest BCUT2D eigenvalue weighted by Crippen LogP contribution is -2.22. The van der Waals surface area contributed by atoms with Crippen molar-refractivity contribution in [3.63, 3.8) is 0 Å². The molecule has 5 nitrogen and oxygen atoms in total. The quantitative estimate of drug-likeness (QED) is 0.634. The van der Waals surface area contributed by atoms with Gasteiger partial charge >= 0.3 is 0 Å². The molecule has 0 bridgehead atoms. The van der Waals surface area contributed by atoms with Crippen LogP contribution in [-0.4, -0.2) is 17.0 Å². The largest absolute Gasteiger partial charge is 0.353 e. The number of pyridine rings is 1. The van der Waals surface area contributed by atoms with Gasteiger partial charge in [-0.2, -0.15) is 0 Å². The van der Waals surface area contributed by atoms with Crippen molar-refractivity contribution in [1.82, 2.24) is 4.98 Å². The summed E-state index contributed by atoms with van der Waals surface area (Å²) in [7, 11) is 1.89. The monoisotopic (exact) mass is 291 g/mol. The van der Waals surface area contributed by atoms with Gasteiger partial charge in [0.05, 0.1) is 11.0 Å². The van der Waals surface area contributed by atoms with E-state index in [1.54, 1.807) is 6.07 Å². The Hall–Kier alpha value is -2.14. The molecule has 0 aliphatic carbocycles. The van der Waals surface area contributed by atoms with Gasteiger partial charge in [-0.15, -0.1) is 0 Å². The Bertz CT molecular complexity index is 616. The normalized spacial score (nSPS) is 11.9.